The molecule has 136 valence electrons. The highest BCUT2D eigenvalue weighted by Gasteiger charge is 2.47. The van der Waals surface area contributed by atoms with Gasteiger partial charge in [0.25, 0.3) is 0 Å². The number of nitrogens with zero attached hydrogens (tertiary/aromatic N) is 2. The van der Waals surface area contributed by atoms with Crippen molar-refractivity contribution in [2.75, 3.05) is 33.4 Å². The van der Waals surface area contributed by atoms with E-state index in [4.69, 9.17) is 15.2 Å². The van der Waals surface area contributed by atoms with E-state index in [1.165, 1.54) is 12.0 Å². The van der Waals surface area contributed by atoms with E-state index in [-0.39, 0.29) is 11.5 Å². The lowest BCUT2D eigenvalue weighted by Crippen LogP contribution is -2.44. The molecule has 2 heterocycles. The van der Waals surface area contributed by atoms with E-state index in [2.05, 4.69) is 16.0 Å². The first kappa shape index (κ1) is 16.7. The van der Waals surface area contributed by atoms with Crippen LogP contribution in [-0.4, -0.2) is 55.3 Å². The monoisotopic (exact) mass is 345 g/mol. The smallest absolute Gasteiger partial charge is 0.163 e. The van der Waals surface area contributed by atoms with Gasteiger partial charge in [-0.15, -0.1) is 0 Å². The minimum atomic E-state index is -0.167. The zero-order valence-corrected chi connectivity index (χ0v) is 14.8. The second-order valence-corrected chi connectivity index (χ2v) is 7.40. The van der Waals surface area contributed by atoms with Gasteiger partial charge in [0.1, 0.15) is 5.84 Å². The molecule has 4 rings (SSSR count). The zero-order chi connectivity index (χ0) is 17.4. The third-order valence-electron chi connectivity index (χ3n) is 5.86. The standard InChI is InChI=1S/C19H27N3O3/c1-24-16-10-14-15(21-18(20)19(14)5-2-6-19)11-17(16)25-9-3-7-22-8-4-13(23)12-22/h10-11,13,23H,2-9,12H2,1H3,(H2,20,21)/t13-/m1/s1. The minimum Gasteiger partial charge on any atom is -0.493 e. The van der Waals surface area contributed by atoms with E-state index in [1.54, 1.807) is 7.11 Å². The van der Waals surface area contributed by atoms with E-state index < -0.39 is 0 Å². The van der Waals surface area contributed by atoms with Gasteiger partial charge in [0, 0.05) is 25.7 Å². The van der Waals surface area contributed by atoms with Gasteiger partial charge in [-0.1, -0.05) is 6.42 Å². The molecule has 3 aliphatic rings. The Kier molecular flexibility index (Phi) is 4.33. The Hall–Kier alpha value is -1.79. The molecule has 1 atom stereocenters. The van der Waals surface area contributed by atoms with Gasteiger partial charge in [-0.2, -0.15) is 0 Å². The maximum absolute atomic E-state index is 9.57. The number of aliphatic imine (C=N–C) groups is 1. The molecule has 1 saturated carbocycles. The maximum Gasteiger partial charge on any atom is 0.163 e. The summed E-state index contributed by atoms with van der Waals surface area (Å²) >= 11 is 0. The molecule has 25 heavy (non-hydrogen) atoms. The molecule has 6 heteroatoms. The van der Waals surface area contributed by atoms with Crippen LogP contribution in [-0.2, 0) is 5.41 Å². The Labute approximate surface area is 148 Å². The number of likely N-dealkylation sites (tertiary alicyclic amines) is 1. The number of rotatable bonds is 6. The number of ether oxygens (including phenoxy) is 2. The minimum absolute atomic E-state index is 0.0578. The first-order valence-electron chi connectivity index (χ1n) is 9.23. The Morgan fingerprint density at radius 1 is 1.36 bits per heavy atom. The van der Waals surface area contributed by atoms with Crippen LogP contribution in [0.2, 0.25) is 0 Å². The van der Waals surface area contributed by atoms with Crippen LogP contribution in [0.15, 0.2) is 17.1 Å². The van der Waals surface area contributed by atoms with Gasteiger partial charge in [0.05, 0.1) is 30.9 Å². The summed E-state index contributed by atoms with van der Waals surface area (Å²) in [6.45, 7) is 3.31. The highest BCUT2D eigenvalue weighted by molar-refractivity contribution is 6.00. The molecular formula is C19H27N3O3. The third-order valence-corrected chi connectivity index (χ3v) is 5.86. The van der Waals surface area contributed by atoms with Crippen LogP contribution in [0.5, 0.6) is 11.5 Å². The second-order valence-electron chi connectivity index (χ2n) is 7.40. The van der Waals surface area contributed by atoms with Crippen molar-refractivity contribution in [1.82, 2.24) is 4.90 Å². The largest absolute Gasteiger partial charge is 0.493 e. The summed E-state index contributed by atoms with van der Waals surface area (Å²) in [6.07, 6.45) is 4.96. The molecule has 0 bridgehead atoms. The molecule has 0 aromatic heterocycles. The average Bonchev–Trinajstić information content (AvgIpc) is 3.09. The lowest BCUT2D eigenvalue weighted by atomic mass is 9.64. The fraction of sp³-hybridized carbons (Fsp3) is 0.632. The fourth-order valence-electron chi connectivity index (χ4n) is 4.21. The number of benzene rings is 1. The van der Waals surface area contributed by atoms with Crippen LogP contribution in [0.4, 0.5) is 5.69 Å². The summed E-state index contributed by atoms with van der Waals surface area (Å²) in [4.78, 5) is 6.86. The number of fused-ring (bicyclic) bond motifs is 2. The predicted octanol–water partition coefficient (Wildman–Crippen LogP) is 1.95. The van der Waals surface area contributed by atoms with Crippen LogP contribution in [0.25, 0.3) is 0 Å². The predicted molar refractivity (Wildman–Crippen MR) is 97.0 cm³/mol. The number of β-amino-alcohol motifs (C(OH)–C–C–N with tert-alkyl or cyclic N) is 1. The first-order chi connectivity index (χ1) is 12.1. The van der Waals surface area contributed by atoms with Gasteiger partial charge in [0.15, 0.2) is 11.5 Å². The molecule has 1 saturated heterocycles. The summed E-state index contributed by atoms with van der Waals surface area (Å²) in [6, 6.07) is 4.03. The van der Waals surface area contributed by atoms with Crippen LogP contribution in [0, 0.1) is 0 Å². The van der Waals surface area contributed by atoms with Gasteiger partial charge in [-0.05, 0) is 37.3 Å². The SMILES string of the molecule is COc1cc2c(cc1OCCCN1CC[C@@H](O)C1)N=C(N)C21CCC1. The molecule has 1 spiro atoms. The number of aliphatic hydroxyl groups is 1. The van der Waals surface area contributed by atoms with Crippen molar-refractivity contribution in [1.29, 1.82) is 0 Å². The molecule has 0 amide bonds. The molecule has 2 fully saturated rings. The van der Waals surface area contributed by atoms with Crippen LogP contribution < -0.4 is 15.2 Å². The molecule has 1 aromatic carbocycles. The normalized spacial score (nSPS) is 24.1. The fourth-order valence-corrected chi connectivity index (χ4v) is 4.21. The number of nitrogens with two attached hydrogens (primary N) is 1. The number of methoxy groups -OCH3 is 1. The van der Waals surface area contributed by atoms with E-state index in [0.717, 1.165) is 68.3 Å². The van der Waals surface area contributed by atoms with Crippen LogP contribution in [0.3, 0.4) is 0 Å². The van der Waals surface area contributed by atoms with Crippen LogP contribution in [0.1, 0.15) is 37.7 Å². The van der Waals surface area contributed by atoms with Crippen molar-refractivity contribution in [2.24, 2.45) is 10.7 Å². The van der Waals surface area contributed by atoms with Crippen molar-refractivity contribution < 1.29 is 14.6 Å². The van der Waals surface area contributed by atoms with Crippen molar-refractivity contribution in [3.05, 3.63) is 17.7 Å². The lowest BCUT2D eigenvalue weighted by Gasteiger charge is -2.38. The van der Waals surface area contributed by atoms with E-state index >= 15 is 0 Å². The van der Waals surface area contributed by atoms with Gasteiger partial charge < -0.3 is 25.2 Å². The summed E-state index contributed by atoms with van der Waals surface area (Å²) < 4.78 is 11.5. The molecule has 1 aliphatic carbocycles. The number of hydrogen-bond acceptors (Lipinski definition) is 6. The molecule has 6 nitrogen and oxygen atoms in total. The highest BCUT2D eigenvalue weighted by Crippen LogP contribution is 2.53. The quantitative estimate of drug-likeness (QED) is 0.771. The lowest BCUT2D eigenvalue weighted by molar-refractivity contribution is 0.172. The van der Waals surface area contributed by atoms with E-state index in [9.17, 15) is 5.11 Å². The topological polar surface area (TPSA) is 80.3 Å². The van der Waals surface area contributed by atoms with E-state index in [1.807, 2.05) is 6.07 Å². The third kappa shape index (κ3) is 2.87. The van der Waals surface area contributed by atoms with Gasteiger partial charge in [-0.25, -0.2) is 4.99 Å². The molecule has 3 N–H and O–H groups in total. The highest BCUT2D eigenvalue weighted by atomic mass is 16.5. The van der Waals surface area contributed by atoms with Gasteiger partial charge >= 0.3 is 0 Å². The number of amidine groups is 1. The molecule has 1 aromatic rings. The molecule has 0 unspecified atom stereocenters. The summed E-state index contributed by atoms with van der Waals surface area (Å²) in [5.74, 6) is 2.22. The summed E-state index contributed by atoms with van der Waals surface area (Å²) in [7, 11) is 1.67. The number of aliphatic hydroxyl groups excluding tert-OH is 1. The molecular weight excluding hydrogens is 318 g/mol. The average molecular weight is 345 g/mol. The Morgan fingerprint density at radius 2 is 2.20 bits per heavy atom. The Balaban J connectivity index is 1.41. The van der Waals surface area contributed by atoms with Crippen molar-refractivity contribution >= 4 is 11.5 Å². The summed E-state index contributed by atoms with van der Waals surface area (Å²) in [5.41, 5.74) is 8.27. The Morgan fingerprint density at radius 3 is 2.84 bits per heavy atom. The molecule has 2 aliphatic heterocycles. The Bertz CT molecular complexity index is 685. The maximum atomic E-state index is 9.57. The zero-order valence-electron chi connectivity index (χ0n) is 14.8. The van der Waals surface area contributed by atoms with E-state index in [0.29, 0.717) is 6.61 Å². The first-order valence-corrected chi connectivity index (χ1v) is 9.23. The van der Waals surface area contributed by atoms with Crippen molar-refractivity contribution in [2.45, 2.75) is 43.6 Å². The van der Waals surface area contributed by atoms with Gasteiger partial charge in [-0.3, -0.25) is 0 Å². The molecule has 0 radical (unpaired) electrons. The number of hydrogen-bond donors (Lipinski definition) is 2. The van der Waals surface area contributed by atoms with Crippen LogP contribution >= 0.6 is 0 Å². The van der Waals surface area contributed by atoms with Gasteiger partial charge in [0.2, 0.25) is 0 Å². The second kappa shape index (κ2) is 6.50. The summed E-state index contributed by atoms with van der Waals surface area (Å²) in [5, 5.41) is 9.57. The van der Waals surface area contributed by atoms with Crippen molar-refractivity contribution in [3.8, 4) is 11.5 Å². The van der Waals surface area contributed by atoms with Crippen molar-refractivity contribution in [3.63, 3.8) is 0 Å².